The molecule has 0 saturated heterocycles. The number of rotatable bonds is 4. The van der Waals surface area contributed by atoms with Crippen molar-refractivity contribution in [3.05, 3.63) is 35.5 Å². The largest absolute Gasteiger partial charge is 0.310 e. The molecule has 5 nitrogen and oxygen atoms in total. The van der Waals surface area contributed by atoms with Gasteiger partial charge in [0.05, 0.1) is 11.9 Å². The van der Waals surface area contributed by atoms with E-state index in [9.17, 15) is 0 Å². The molecule has 96 valence electrons. The second kappa shape index (κ2) is 5.27. The van der Waals surface area contributed by atoms with Crippen molar-refractivity contribution in [3.63, 3.8) is 0 Å². The topological polar surface area (TPSA) is 55.6 Å². The van der Waals surface area contributed by atoms with Gasteiger partial charge in [-0.05, 0) is 13.8 Å². The van der Waals surface area contributed by atoms with Crippen LogP contribution in [0.2, 0.25) is 0 Å². The molecule has 2 rings (SSSR count). The lowest BCUT2D eigenvalue weighted by atomic mass is 10.2. The third-order valence-electron chi connectivity index (χ3n) is 2.89. The Hall–Kier alpha value is -1.75. The van der Waals surface area contributed by atoms with Crippen molar-refractivity contribution in [1.82, 2.24) is 25.1 Å². The van der Waals surface area contributed by atoms with Gasteiger partial charge in [0.2, 0.25) is 0 Å². The quantitative estimate of drug-likeness (QED) is 0.892. The number of aryl methyl sites for hydroxylation is 1. The van der Waals surface area contributed by atoms with Gasteiger partial charge in [-0.1, -0.05) is 13.8 Å². The highest BCUT2D eigenvalue weighted by Gasteiger charge is 2.13. The molecule has 0 aromatic carbocycles. The first-order chi connectivity index (χ1) is 8.59. The van der Waals surface area contributed by atoms with Crippen LogP contribution in [-0.2, 0) is 6.54 Å². The molecule has 0 aliphatic heterocycles. The lowest BCUT2D eigenvalue weighted by molar-refractivity contribution is 0.586. The predicted octanol–water partition coefficient (Wildman–Crippen LogP) is 1.78. The molecule has 0 bridgehead atoms. The average molecular weight is 245 g/mol. The third-order valence-corrected chi connectivity index (χ3v) is 2.89. The van der Waals surface area contributed by atoms with E-state index in [0.29, 0.717) is 6.04 Å². The summed E-state index contributed by atoms with van der Waals surface area (Å²) in [4.78, 5) is 8.35. The van der Waals surface area contributed by atoms with E-state index in [0.717, 1.165) is 23.8 Å². The maximum Gasteiger partial charge on any atom is 0.172 e. The Morgan fingerprint density at radius 2 is 2.06 bits per heavy atom. The highest BCUT2D eigenvalue weighted by atomic mass is 15.3. The fourth-order valence-electron chi connectivity index (χ4n) is 1.86. The molecular formula is C13H19N5. The van der Waals surface area contributed by atoms with Crippen molar-refractivity contribution in [3.8, 4) is 5.82 Å². The molecule has 2 aromatic heterocycles. The molecular weight excluding hydrogens is 226 g/mol. The van der Waals surface area contributed by atoms with Crippen LogP contribution in [0.5, 0.6) is 0 Å². The van der Waals surface area contributed by atoms with Gasteiger partial charge in [0.1, 0.15) is 0 Å². The highest BCUT2D eigenvalue weighted by Crippen LogP contribution is 2.16. The summed E-state index contributed by atoms with van der Waals surface area (Å²) in [6.07, 6.45) is 5.06. The summed E-state index contributed by atoms with van der Waals surface area (Å²) in [6, 6.07) is 0.462. The van der Waals surface area contributed by atoms with Crippen molar-refractivity contribution in [2.45, 2.75) is 40.3 Å². The zero-order valence-electron chi connectivity index (χ0n) is 11.3. The van der Waals surface area contributed by atoms with Crippen LogP contribution < -0.4 is 5.32 Å². The lowest BCUT2D eigenvalue weighted by Gasteiger charge is -2.08. The van der Waals surface area contributed by atoms with Gasteiger partial charge in [-0.25, -0.2) is 9.67 Å². The van der Waals surface area contributed by atoms with Crippen LogP contribution in [0, 0.1) is 13.8 Å². The van der Waals surface area contributed by atoms with Gasteiger partial charge in [-0.3, -0.25) is 4.98 Å². The van der Waals surface area contributed by atoms with Crippen molar-refractivity contribution in [2.75, 3.05) is 0 Å². The van der Waals surface area contributed by atoms with Crippen LogP contribution in [0.4, 0.5) is 0 Å². The summed E-state index contributed by atoms with van der Waals surface area (Å²) in [5.41, 5.74) is 3.38. The molecule has 2 heterocycles. The predicted molar refractivity (Wildman–Crippen MR) is 70.6 cm³/mol. The molecule has 0 amide bonds. The van der Waals surface area contributed by atoms with E-state index in [-0.39, 0.29) is 0 Å². The van der Waals surface area contributed by atoms with Crippen molar-refractivity contribution < 1.29 is 0 Å². The number of aromatic nitrogens is 4. The number of nitrogens with one attached hydrogen (secondary N) is 1. The smallest absolute Gasteiger partial charge is 0.172 e. The van der Waals surface area contributed by atoms with E-state index in [1.807, 2.05) is 11.6 Å². The van der Waals surface area contributed by atoms with Gasteiger partial charge in [0, 0.05) is 36.2 Å². The second-order valence-corrected chi connectivity index (χ2v) is 4.66. The van der Waals surface area contributed by atoms with E-state index in [1.54, 1.807) is 18.6 Å². The standard InChI is InChI=1S/C13H19N5/c1-9(2)16-7-12-10(3)17-18(11(12)4)13-8-14-5-6-15-13/h5-6,8-9,16H,7H2,1-4H3. The fourth-order valence-corrected chi connectivity index (χ4v) is 1.86. The molecule has 0 atom stereocenters. The van der Waals surface area contributed by atoms with Crippen LogP contribution >= 0.6 is 0 Å². The molecule has 0 saturated carbocycles. The van der Waals surface area contributed by atoms with E-state index >= 15 is 0 Å². The molecule has 0 fully saturated rings. The first-order valence-corrected chi connectivity index (χ1v) is 6.14. The minimum Gasteiger partial charge on any atom is -0.310 e. The summed E-state index contributed by atoms with van der Waals surface area (Å²) in [7, 11) is 0. The van der Waals surface area contributed by atoms with E-state index < -0.39 is 0 Å². The first-order valence-electron chi connectivity index (χ1n) is 6.14. The van der Waals surface area contributed by atoms with E-state index in [2.05, 4.69) is 41.2 Å². The molecule has 0 aliphatic carbocycles. The SMILES string of the molecule is Cc1nn(-c2cnccn2)c(C)c1CNC(C)C. The summed E-state index contributed by atoms with van der Waals surface area (Å²) >= 11 is 0. The van der Waals surface area contributed by atoms with Gasteiger partial charge < -0.3 is 5.32 Å². The Morgan fingerprint density at radius 1 is 1.28 bits per heavy atom. The molecule has 0 spiro atoms. The van der Waals surface area contributed by atoms with Gasteiger partial charge in [-0.2, -0.15) is 5.10 Å². The zero-order chi connectivity index (χ0) is 13.1. The van der Waals surface area contributed by atoms with Gasteiger partial charge >= 0.3 is 0 Å². The van der Waals surface area contributed by atoms with Gasteiger partial charge in [0.15, 0.2) is 5.82 Å². The Morgan fingerprint density at radius 3 is 2.67 bits per heavy atom. The molecule has 18 heavy (non-hydrogen) atoms. The van der Waals surface area contributed by atoms with E-state index in [1.165, 1.54) is 5.56 Å². The first kappa shape index (κ1) is 12.7. The van der Waals surface area contributed by atoms with E-state index in [4.69, 9.17) is 0 Å². The minimum atomic E-state index is 0.462. The van der Waals surface area contributed by atoms with Crippen LogP contribution in [0.15, 0.2) is 18.6 Å². The average Bonchev–Trinajstić information content (AvgIpc) is 2.63. The normalized spacial score (nSPS) is 11.2. The van der Waals surface area contributed by atoms with Gasteiger partial charge in [0.25, 0.3) is 0 Å². The number of nitrogens with zero attached hydrogens (tertiary/aromatic N) is 4. The minimum absolute atomic E-state index is 0.462. The van der Waals surface area contributed by atoms with Crippen molar-refractivity contribution in [2.24, 2.45) is 0 Å². The fraction of sp³-hybridized carbons (Fsp3) is 0.462. The maximum atomic E-state index is 4.53. The van der Waals surface area contributed by atoms with Crippen molar-refractivity contribution >= 4 is 0 Å². The van der Waals surface area contributed by atoms with Crippen LogP contribution in [0.25, 0.3) is 5.82 Å². The molecule has 1 N–H and O–H groups in total. The van der Waals surface area contributed by atoms with Crippen LogP contribution in [-0.4, -0.2) is 25.8 Å². The Labute approximate surface area is 107 Å². The Kier molecular flexibility index (Phi) is 3.72. The Bertz CT molecular complexity index is 516. The molecule has 2 aromatic rings. The monoisotopic (exact) mass is 245 g/mol. The number of hydrogen-bond acceptors (Lipinski definition) is 4. The lowest BCUT2D eigenvalue weighted by Crippen LogP contribution is -2.22. The second-order valence-electron chi connectivity index (χ2n) is 4.66. The Balaban J connectivity index is 2.32. The van der Waals surface area contributed by atoms with Crippen LogP contribution in [0.3, 0.4) is 0 Å². The molecule has 0 unspecified atom stereocenters. The number of hydrogen-bond donors (Lipinski definition) is 1. The summed E-state index contributed by atoms with van der Waals surface area (Å²) < 4.78 is 1.85. The summed E-state index contributed by atoms with van der Waals surface area (Å²) in [6.45, 7) is 9.19. The maximum absolute atomic E-state index is 4.53. The van der Waals surface area contributed by atoms with Gasteiger partial charge in [-0.15, -0.1) is 0 Å². The molecule has 0 radical (unpaired) electrons. The molecule has 0 aliphatic rings. The molecule has 5 heteroatoms. The highest BCUT2D eigenvalue weighted by molar-refractivity contribution is 5.31. The summed E-state index contributed by atoms with van der Waals surface area (Å²) in [5, 5.41) is 7.95. The third kappa shape index (κ3) is 2.56. The summed E-state index contributed by atoms with van der Waals surface area (Å²) in [5.74, 6) is 0.758. The zero-order valence-corrected chi connectivity index (χ0v) is 11.3. The van der Waals surface area contributed by atoms with Crippen molar-refractivity contribution in [1.29, 1.82) is 0 Å². The van der Waals surface area contributed by atoms with Crippen LogP contribution in [0.1, 0.15) is 30.8 Å².